The van der Waals surface area contributed by atoms with Gasteiger partial charge in [-0.3, -0.25) is 4.90 Å². The molecule has 1 aliphatic heterocycles. The lowest BCUT2D eigenvalue weighted by Gasteiger charge is -2.31. The topological polar surface area (TPSA) is 43.7 Å². The van der Waals surface area contributed by atoms with Gasteiger partial charge in [-0.1, -0.05) is 23.2 Å². The van der Waals surface area contributed by atoms with Gasteiger partial charge in [-0.25, -0.2) is 0 Å². The van der Waals surface area contributed by atoms with E-state index in [0.717, 1.165) is 37.9 Å². The number of aliphatic hydroxyl groups is 1. The summed E-state index contributed by atoms with van der Waals surface area (Å²) in [6.07, 6.45) is 3.09. The lowest BCUT2D eigenvalue weighted by atomic mass is 9.93. The number of halogens is 2. The number of aliphatic hydroxyl groups excluding tert-OH is 1. The van der Waals surface area contributed by atoms with Gasteiger partial charge < -0.3 is 10.2 Å². The van der Waals surface area contributed by atoms with Crippen molar-refractivity contribution in [3.63, 3.8) is 0 Å². The maximum absolute atomic E-state index is 9.88. The molecular weight excluding hydrogens is 285 g/mol. The lowest BCUT2D eigenvalue weighted by Crippen LogP contribution is -2.33. The largest absolute Gasteiger partial charge is 0.508 e. The predicted octanol–water partition coefficient (Wildman–Crippen LogP) is 3.29. The molecule has 0 atom stereocenters. The first kappa shape index (κ1) is 14.9. The smallest absolute Gasteiger partial charge is 0.121 e. The zero-order valence-corrected chi connectivity index (χ0v) is 12.3. The van der Waals surface area contributed by atoms with E-state index in [1.807, 2.05) is 0 Å². The molecule has 1 saturated heterocycles. The van der Waals surface area contributed by atoms with E-state index in [4.69, 9.17) is 28.3 Å². The highest BCUT2D eigenvalue weighted by Gasteiger charge is 2.20. The Morgan fingerprint density at radius 2 is 1.79 bits per heavy atom. The van der Waals surface area contributed by atoms with Crippen LogP contribution < -0.4 is 0 Å². The number of benzene rings is 1. The highest BCUT2D eigenvalue weighted by molar-refractivity contribution is 6.42. The molecule has 5 heteroatoms. The molecule has 2 rings (SSSR count). The lowest BCUT2D eigenvalue weighted by molar-refractivity contribution is 0.152. The first-order valence-electron chi connectivity index (χ1n) is 6.60. The third kappa shape index (κ3) is 3.99. The number of rotatable bonds is 4. The fraction of sp³-hybridized carbons (Fsp3) is 0.571. The summed E-state index contributed by atoms with van der Waals surface area (Å²) in [5.74, 6) is 0.829. The van der Waals surface area contributed by atoms with Crippen molar-refractivity contribution in [3.05, 3.63) is 27.7 Å². The number of piperidine rings is 1. The van der Waals surface area contributed by atoms with Crippen molar-refractivity contribution in [1.82, 2.24) is 4.90 Å². The van der Waals surface area contributed by atoms with Crippen molar-refractivity contribution in [2.24, 2.45) is 5.92 Å². The number of likely N-dealkylation sites (tertiary alicyclic amines) is 1. The van der Waals surface area contributed by atoms with Crippen LogP contribution in [0.3, 0.4) is 0 Å². The van der Waals surface area contributed by atoms with E-state index in [1.165, 1.54) is 6.07 Å². The van der Waals surface area contributed by atoms with Crippen molar-refractivity contribution in [1.29, 1.82) is 0 Å². The first-order valence-corrected chi connectivity index (χ1v) is 7.36. The number of hydrogen-bond donors (Lipinski definition) is 2. The maximum Gasteiger partial charge on any atom is 0.121 e. The molecule has 0 saturated carbocycles. The van der Waals surface area contributed by atoms with Gasteiger partial charge in [0.15, 0.2) is 0 Å². The van der Waals surface area contributed by atoms with Crippen LogP contribution in [0, 0.1) is 5.92 Å². The van der Waals surface area contributed by atoms with Gasteiger partial charge in [-0.15, -0.1) is 0 Å². The Hall–Kier alpha value is -0.480. The molecule has 0 radical (unpaired) electrons. The van der Waals surface area contributed by atoms with Crippen LogP contribution in [0.2, 0.25) is 10.0 Å². The molecule has 106 valence electrons. The van der Waals surface area contributed by atoms with E-state index in [9.17, 15) is 5.11 Å². The van der Waals surface area contributed by atoms with Gasteiger partial charge in [-0.2, -0.15) is 0 Å². The van der Waals surface area contributed by atoms with Crippen molar-refractivity contribution < 1.29 is 10.2 Å². The minimum atomic E-state index is 0.201. The molecule has 1 aliphatic rings. The molecule has 0 aliphatic carbocycles. The Bertz CT molecular complexity index is 432. The van der Waals surface area contributed by atoms with Crippen LogP contribution in [0.25, 0.3) is 0 Å². The molecule has 1 fully saturated rings. The summed E-state index contributed by atoms with van der Waals surface area (Å²) in [4.78, 5) is 2.30. The van der Waals surface area contributed by atoms with Crippen LogP contribution in [0.1, 0.15) is 24.8 Å². The van der Waals surface area contributed by atoms with Gasteiger partial charge in [0.1, 0.15) is 5.75 Å². The summed E-state index contributed by atoms with van der Waals surface area (Å²) in [6, 6.07) is 3.23. The van der Waals surface area contributed by atoms with Crippen LogP contribution in [-0.4, -0.2) is 34.8 Å². The standard InChI is InChI=1S/C14H19Cl2NO2/c15-12-7-11(14(19)8-13(12)16)9-17-4-1-10(2-5-17)3-6-18/h7-8,10,18-19H,1-6,9H2. The number of phenols is 1. The Morgan fingerprint density at radius 3 is 2.42 bits per heavy atom. The molecule has 3 nitrogen and oxygen atoms in total. The summed E-state index contributed by atoms with van der Waals surface area (Å²) < 4.78 is 0. The third-order valence-corrected chi connectivity index (χ3v) is 4.48. The summed E-state index contributed by atoms with van der Waals surface area (Å²) in [5.41, 5.74) is 0.815. The van der Waals surface area contributed by atoms with Gasteiger partial charge in [0.25, 0.3) is 0 Å². The molecule has 0 unspecified atom stereocenters. The quantitative estimate of drug-likeness (QED) is 0.897. The zero-order valence-electron chi connectivity index (χ0n) is 10.8. The Kier molecular flexibility index (Phi) is 5.34. The van der Waals surface area contributed by atoms with E-state index < -0.39 is 0 Å². The molecule has 1 heterocycles. The minimum absolute atomic E-state index is 0.201. The number of aromatic hydroxyl groups is 1. The summed E-state index contributed by atoms with van der Waals surface area (Å²) in [7, 11) is 0. The maximum atomic E-state index is 9.88. The molecule has 19 heavy (non-hydrogen) atoms. The fourth-order valence-corrected chi connectivity index (χ4v) is 2.91. The summed E-state index contributed by atoms with van der Waals surface area (Å²) >= 11 is 11.8. The van der Waals surface area contributed by atoms with Crippen LogP contribution in [-0.2, 0) is 6.54 Å². The number of hydrogen-bond acceptors (Lipinski definition) is 3. The van der Waals surface area contributed by atoms with Crippen molar-refractivity contribution in [3.8, 4) is 5.75 Å². The van der Waals surface area contributed by atoms with Gasteiger partial charge in [0, 0.05) is 24.8 Å². The number of phenolic OH excluding ortho intramolecular Hbond substituents is 1. The van der Waals surface area contributed by atoms with Gasteiger partial charge in [0.2, 0.25) is 0 Å². The number of nitrogens with zero attached hydrogens (tertiary/aromatic N) is 1. The van der Waals surface area contributed by atoms with Crippen molar-refractivity contribution in [2.75, 3.05) is 19.7 Å². The Labute approximate surface area is 123 Å². The van der Waals surface area contributed by atoms with E-state index in [0.29, 0.717) is 22.5 Å². The fourth-order valence-electron chi connectivity index (χ4n) is 2.56. The first-order chi connectivity index (χ1) is 9.10. The third-order valence-electron chi connectivity index (χ3n) is 3.76. The molecule has 2 N–H and O–H groups in total. The Balaban J connectivity index is 1.94. The zero-order chi connectivity index (χ0) is 13.8. The monoisotopic (exact) mass is 303 g/mol. The van der Waals surface area contributed by atoms with E-state index >= 15 is 0 Å². The molecule has 0 spiro atoms. The highest BCUT2D eigenvalue weighted by Crippen LogP contribution is 2.31. The molecular formula is C14H19Cl2NO2. The molecule has 1 aromatic rings. The van der Waals surface area contributed by atoms with E-state index in [-0.39, 0.29) is 12.4 Å². The molecule has 1 aromatic carbocycles. The second kappa shape index (κ2) is 6.80. The van der Waals surface area contributed by atoms with Crippen LogP contribution >= 0.6 is 23.2 Å². The molecule has 0 amide bonds. The van der Waals surface area contributed by atoms with Gasteiger partial charge in [-0.05, 0) is 44.3 Å². The average Bonchev–Trinajstić information content (AvgIpc) is 2.38. The van der Waals surface area contributed by atoms with Gasteiger partial charge in [0.05, 0.1) is 10.0 Å². The van der Waals surface area contributed by atoms with E-state index in [1.54, 1.807) is 6.07 Å². The summed E-state index contributed by atoms with van der Waals surface area (Å²) in [6.45, 7) is 2.95. The van der Waals surface area contributed by atoms with E-state index in [2.05, 4.69) is 4.90 Å². The molecule has 0 aromatic heterocycles. The van der Waals surface area contributed by atoms with Crippen LogP contribution in [0.5, 0.6) is 5.75 Å². The highest BCUT2D eigenvalue weighted by atomic mass is 35.5. The SMILES string of the molecule is OCCC1CCN(Cc2cc(Cl)c(Cl)cc2O)CC1. The molecule has 0 bridgehead atoms. The van der Waals surface area contributed by atoms with Crippen LogP contribution in [0.15, 0.2) is 12.1 Å². The predicted molar refractivity (Wildman–Crippen MR) is 77.8 cm³/mol. The summed E-state index contributed by atoms with van der Waals surface area (Å²) in [5, 5.41) is 19.7. The minimum Gasteiger partial charge on any atom is -0.508 e. The van der Waals surface area contributed by atoms with Gasteiger partial charge >= 0.3 is 0 Å². The average molecular weight is 304 g/mol. The van der Waals surface area contributed by atoms with Crippen molar-refractivity contribution in [2.45, 2.75) is 25.8 Å². The van der Waals surface area contributed by atoms with Crippen LogP contribution in [0.4, 0.5) is 0 Å². The Morgan fingerprint density at radius 1 is 1.16 bits per heavy atom. The second-order valence-electron chi connectivity index (χ2n) is 5.13. The normalized spacial score (nSPS) is 17.8. The van der Waals surface area contributed by atoms with Crippen molar-refractivity contribution >= 4 is 23.2 Å². The second-order valence-corrected chi connectivity index (χ2v) is 5.94.